The molecule has 1 aliphatic carbocycles. The summed E-state index contributed by atoms with van der Waals surface area (Å²) < 4.78 is 5.34. The maximum atomic E-state index is 5.34. The molecule has 0 N–H and O–H groups in total. The van der Waals surface area contributed by atoms with Crippen LogP contribution in [0.5, 0.6) is 5.75 Å². The lowest BCUT2D eigenvalue weighted by Crippen LogP contribution is -2.15. The normalized spacial score (nSPS) is 17.6. The van der Waals surface area contributed by atoms with Crippen LogP contribution in [0.15, 0.2) is 48.5 Å². The number of methoxy groups -OCH3 is 1. The molecule has 0 aliphatic heterocycles. The molecule has 2 aromatic carbocycles. The SMILES string of the molecule is COc1ccc2c(c1)CC(CCc1ccccc1)CC2. The minimum absolute atomic E-state index is 0.815. The van der Waals surface area contributed by atoms with Crippen LogP contribution in [0.3, 0.4) is 0 Å². The molecule has 0 saturated carbocycles. The highest BCUT2D eigenvalue weighted by Gasteiger charge is 2.18. The first kappa shape index (κ1) is 13.2. The maximum absolute atomic E-state index is 5.34. The molecule has 104 valence electrons. The van der Waals surface area contributed by atoms with Gasteiger partial charge in [0, 0.05) is 0 Å². The summed E-state index contributed by atoms with van der Waals surface area (Å²) in [6, 6.07) is 17.4. The highest BCUT2D eigenvalue weighted by molar-refractivity contribution is 5.37. The van der Waals surface area contributed by atoms with E-state index in [4.69, 9.17) is 4.74 Å². The third kappa shape index (κ3) is 3.04. The number of fused-ring (bicyclic) bond motifs is 1. The van der Waals surface area contributed by atoms with Crippen molar-refractivity contribution in [2.75, 3.05) is 7.11 Å². The second-order valence-electron chi connectivity index (χ2n) is 5.77. The zero-order valence-corrected chi connectivity index (χ0v) is 12.1. The number of rotatable bonds is 4. The molecule has 1 aliphatic rings. The van der Waals surface area contributed by atoms with E-state index in [9.17, 15) is 0 Å². The Labute approximate surface area is 121 Å². The van der Waals surface area contributed by atoms with Crippen LogP contribution in [-0.4, -0.2) is 7.11 Å². The van der Waals surface area contributed by atoms with E-state index in [0.29, 0.717) is 0 Å². The van der Waals surface area contributed by atoms with Gasteiger partial charge in [-0.3, -0.25) is 0 Å². The largest absolute Gasteiger partial charge is 0.497 e. The number of ether oxygens (including phenoxy) is 1. The van der Waals surface area contributed by atoms with Gasteiger partial charge in [0.25, 0.3) is 0 Å². The van der Waals surface area contributed by atoms with E-state index in [0.717, 1.165) is 11.7 Å². The molecule has 0 fully saturated rings. The van der Waals surface area contributed by atoms with Gasteiger partial charge in [0.1, 0.15) is 5.75 Å². The second kappa shape index (κ2) is 6.13. The molecule has 1 atom stereocenters. The van der Waals surface area contributed by atoms with Crippen molar-refractivity contribution >= 4 is 0 Å². The van der Waals surface area contributed by atoms with Gasteiger partial charge in [-0.25, -0.2) is 0 Å². The fourth-order valence-corrected chi connectivity index (χ4v) is 3.20. The van der Waals surface area contributed by atoms with Crippen molar-refractivity contribution in [3.63, 3.8) is 0 Å². The Bertz CT molecular complexity index is 559. The number of hydrogen-bond donors (Lipinski definition) is 0. The van der Waals surface area contributed by atoms with Gasteiger partial charge in [-0.05, 0) is 66.8 Å². The standard InChI is InChI=1S/C19H22O/c1-20-19-12-11-17-10-9-16(13-18(17)14-19)8-7-15-5-3-2-4-6-15/h2-6,11-12,14,16H,7-10,13H2,1H3. The molecule has 0 heterocycles. The van der Waals surface area contributed by atoms with Crippen LogP contribution in [0.2, 0.25) is 0 Å². The summed E-state index contributed by atoms with van der Waals surface area (Å²) in [5, 5.41) is 0. The molecule has 0 saturated heterocycles. The van der Waals surface area contributed by atoms with E-state index in [1.54, 1.807) is 7.11 Å². The molecule has 0 spiro atoms. The van der Waals surface area contributed by atoms with Crippen LogP contribution >= 0.6 is 0 Å². The molecule has 0 bridgehead atoms. The monoisotopic (exact) mass is 266 g/mol. The summed E-state index contributed by atoms with van der Waals surface area (Å²) in [5.41, 5.74) is 4.47. The zero-order valence-electron chi connectivity index (χ0n) is 12.1. The fourth-order valence-electron chi connectivity index (χ4n) is 3.20. The Morgan fingerprint density at radius 2 is 1.90 bits per heavy atom. The first-order chi connectivity index (χ1) is 9.85. The summed E-state index contributed by atoms with van der Waals surface area (Å²) in [6.07, 6.45) is 6.25. The lowest BCUT2D eigenvalue weighted by atomic mass is 9.81. The predicted molar refractivity (Wildman–Crippen MR) is 83.3 cm³/mol. The van der Waals surface area contributed by atoms with Gasteiger partial charge in [0.2, 0.25) is 0 Å². The van der Waals surface area contributed by atoms with Gasteiger partial charge in [0.05, 0.1) is 7.11 Å². The highest BCUT2D eigenvalue weighted by atomic mass is 16.5. The molecular weight excluding hydrogens is 244 g/mol. The number of hydrogen-bond acceptors (Lipinski definition) is 1. The lowest BCUT2D eigenvalue weighted by Gasteiger charge is -2.25. The van der Waals surface area contributed by atoms with Gasteiger partial charge in [0.15, 0.2) is 0 Å². The third-order valence-electron chi connectivity index (χ3n) is 4.43. The minimum atomic E-state index is 0.815. The van der Waals surface area contributed by atoms with Crippen molar-refractivity contribution in [3.8, 4) is 5.75 Å². The minimum Gasteiger partial charge on any atom is -0.497 e. The molecule has 0 aromatic heterocycles. The predicted octanol–water partition coefficient (Wildman–Crippen LogP) is 4.43. The van der Waals surface area contributed by atoms with Gasteiger partial charge >= 0.3 is 0 Å². The van der Waals surface area contributed by atoms with Gasteiger partial charge in [-0.1, -0.05) is 36.4 Å². The van der Waals surface area contributed by atoms with E-state index in [-0.39, 0.29) is 0 Å². The van der Waals surface area contributed by atoms with E-state index >= 15 is 0 Å². The Morgan fingerprint density at radius 1 is 1.05 bits per heavy atom. The van der Waals surface area contributed by atoms with E-state index in [1.165, 1.54) is 48.8 Å². The average Bonchev–Trinajstić information content (AvgIpc) is 2.53. The average molecular weight is 266 g/mol. The van der Waals surface area contributed by atoms with Crippen LogP contribution in [0.25, 0.3) is 0 Å². The van der Waals surface area contributed by atoms with E-state index in [2.05, 4.69) is 48.5 Å². The molecule has 20 heavy (non-hydrogen) atoms. The summed E-state index contributed by atoms with van der Waals surface area (Å²) in [5.74, 6) is 1.81. The molecule has 3 rings (SSSR count). The Balaban J connectivity index is 1.63. The lowest BCUT2D eigenvalue weighted by molar-refractivity contribution is 0.405. The van der Waals surface area contributed by atoms with Crippen LogP contribution in [-0.2, 0) is 19.3 Å². The molecule has 2 aromatic rings. The fraction of sp³-hybridized carbons (Fsp3) is 0.368. The van der Waals surface area contributed by atoms with Gasteiger partial charge in [-0.15, -0.1) is 0 Å². The van der Waals surface area contributed by atoms with Crippen molar-refractivity contribution in [2.24, 2.45) is 5.92 Å². The maximum Gasteiger partial charge on any atom is 0.119 e. The Morgan fingerprint density at radius 3 is 2.70 bits per heavy atom. The quantitative estimate of drug-likeness (QED) is 0.795. The third-order valence-corrected chi connectivity index (χ3v) is 4.43. The highest BCUT2D eigenvalue weighted by Crippen LogP contribution is 2.30. The molecule has 1 unspecified atom stereocenters. The van der Waals surface area contributed by atoms with Crippen LogP contribution < -0.4 is 4.74 Å². The summed E-state index contributed by atoms with van der Waals surface area (Å²) in [7, 11) is 1.75. The topological polar surface area (TPSA) is 9.23 Å². The van der Waals surface area contributed by atoms with Crippen molar-refractivity contribution in [2.45, 2.75) is 32.1 Å². The van der Waals surface area contributed by atoms with E-state index < -0.39 is 0 Å². The van der Waals surface area contributed by atoms with E-state index in [1.807, 2.05) is 0 Å². The van der Waals surface area contributed by atoms with Crippen molar-refractivity contribution in [1.29, 1.82) is 0 Å². The number of aryl methyl sites for hydroxylation is 2. The Kier molecular flexibility index (Phi) is 4.05. The molecule has 0 radical (unpaired) electrons. The number of benzene rings is 2. The first-order valence-corrected chi connectivity index (χ1v) is 7.55. The zero-order chi connectivity index (χ0) is 13.8. The smallest absolute Gasteiger partial charge is 0.119 e. The van der Waals surface area contributed by atoms with Gasteiger partial charge in [-0.2, -0.15) is 0 Å². The van der Waals surface area contributed by atoms with Crippen molar-refractivity contribution in [1.82, 2.24) is 0 Å². The molecule has 1 nitrogen and oxygen atoms in total. The molecule has 0 amide bonds. The van der Waals surface area contributed by atoms with Crippen molar-refractivity contribution < 1.29 is 4.74 Å². The summed E-state index contributed by atoms with van der Waals surface area (Å²) in [6.45, 7) is 0. The molecule has 1 heteroatoms. The summed E-state index contributed by atoms with van der Waals surface area (Å²) >= 11 is 0. The first-order valence-electron chi connectivity index (χ1n) is 7.55. The molecular formula is C19H22O. The second-order valence-corrected chi connectivity index (χ2v) is 5.77. The van der Waals surface area contributed by atoms with Gasteiger partial charge < -0.3 is 4.74 Å². The Hall–Kier alpha value is -1.76. The summed E-state index contributed by atoms with van der Waals surface area (Å²) in [4.78, 5) is 0. The van der Waals surface area contributed by atoms with Crippen LogP contribution in [0.1, 0.15) is 29.5 Å². The van der Waals surface area contributed by atoms with Crippen LogP contribution in [0.4, 0.5) is 0 Å². The van der Waals surface area contributed by atoms with Crippen LogP contribution in [0, 0.1) is 5.92 Å². The van der Waals surface area contributed by atoms with Crippen molar-refractivity contribution in [3.05, 3.63) is 65.2 Å².